The van der Waals surface area contributed by atoms with E-state index in [9.17, 15) is 4.79 Å². The van der Waals surface area contributed by atoms with Gasteiger partial charge in [-0.25, -0.2) is 4.68 Å². The van der Waals surface area contributed by atoms with Crippen molar-refractivity contribution in [1.29, 1.82) is 5.41 Å². The number of terminal acetylenes is 1. The van der Waals surface area contributed by atoms with Crippen LogP contribution in [0, 0.1) is 17.8 Å². The lowest BCUT2D eigenvalue weighted by atomic mass is 9.84. The van der Waals surface area contributed by atoms with Crippen molar-refractivity contribution in [2.24, 2.45) is 0 Å². The summed E-state index contributed by atoms with van der Waals surface area (Å²) in [5.74, 6) is 2.10. The van der Waals surface area contributed by atoms with Crippen LogP contribution in [0.25, 0.3) is 5.69 Å². The van der Waals surface area contributed by atoms with Gasteiger partial charge in [-0.2, -0.15) is 5.10 Å². The minimum absolute atomic E-state index is 0.0640. The average molecular weight is 576 g/mol. The minimum atomic E-state index is -0.670. The Morgan fingerprint density at radius 1 is 0.927 bits per heavy atom. The first-order valence-corrected chi connectivity index (χ1v) is 14.2. The molecule has 2 aromatic heterocycles. The zero-order valence-electron chi connectivity index (χ0n) is 22.0. The largest absolute Gasteiger partial charge is 0.299 e. The first-order valence-electron chi connectivity index (χ1n) is 12.8. The second kappa shape index (κ2) is 12.7. The summed E-state index contributed by atoms with van der Waals surface area (Å²) in [7, 11) is 0. The number of hydrogen-bond donors (Lipinski definition) is 1. The Bertz CT molecular complexity index is 1570. The summed E-state index contributed by atoms with van der Waals surface area (Å²) in [5, 5.41) is 13.3. The molecule has 41 heavy (non-hydrogen) atoms. The number of thioether (sulfide) groups is 1. The molecule has 5 aromatic rings. The van der Waals surface area contributed by atoms with Crippen LogP contribution in [-0.4, -0.2) is 38.7 Å². The second-order valence-corrected chi connectivity index (χ2v) is 10.7. The SMILES string of the molecule is C#CCN(C(=O)C(=N)CSC(c1ccccc1)(c1ccccc1)c1ccccc1)c1cn(-c2cccnc2)nc1Cl. The zero-order valence-corrected chi connectivity index (χ0v) is 23.6. The van der Waals surface area contributed by atoms with Gasteiger partial charge >= 0.3 is 0 Å². The molecule has 5 rings (SSSR count). The summed E-state index contributed by atoms with van der Waals surface area (Å²) in [5.41, 5.74) is 4.03. The van der Waals surface area contributed by atoms with Gasteiger partial charge in [-0.15, -0.1) is 18.2 Å². The van der Waals surface area contributed by atoms with Gasteiger partial charge in [-0.05, 0) is 28.8 Å². The van der Waals surface area contributed by atoms with E-state index in [2.05, 4.69) is 52.4 Å². The van der Waals surface area contributed by atoms with E-state index in [-0.39, 0.29) is 23.2 Å². The molecule has 6 nitrogen and oxygen atoms in total. The van der Waals surface area contributed by atoms with E-state index in [1.807, 2.05) is 60.7 Å². The fourth-order valence-corrected chi connectivity index (χ4v) is 6.30. The molecule has 0 aliphatic rings. The normalized spacial score (nSPS) is 11.0. The van der Waals surface area contributed by atoms with Gasteiger partial charge in [0.05, 0.1) is 29.4 Å². The van der Waals surface area contributed by atoms with Gasteiger partial charge in [0, 0.05) is 11.9 Å². The Labute approximate surface area is 248 Å². The molecule has 202 valence electrons. The average Bonchev–Trinajstić information content (AvgIpc) is 3.42. The predicted octanol–water partition coefficient (Wildman–Crippen LogP) is 6.63. The Kier molecular flexibility index (Phi) is 8.64. The van der Waals surface area contributed by atoms with Crippen molar-refractivity contribution in [2.75, 3.05) is 17.2 Å². The Balaban J connectivity index is 1.49. The maximum absolute atomic E-state index is 13.7. The molecule has 0 aliphatic heterocycles. The van der Waals surface area contributed by atoms with Crippen molar-refractivity contribution >= 4 is 40.7 Å². The van der Waals surface area contributed by atoms with E-state index in [1.54, 1.807) is 24.7 Å². The number of anilines is 1. The van der Waals surface area contributed by atoms with Crippen LogP contribution >= 0.6 is 23.4 Å². The number of nitrogens with one attached hydrogen (secondary N) is 1. The third kappa shape index (κ3) is 5.80. The molecule has 0 unspecified atom stereocenters. The molecule has 0 fully saturated rings. The summed E-state index contributed by atoms with van der Waals surface area (Å²) in [6.45, 7) is -0.0640. The highest BCUT2D eigenvalue weighted by Gasteiger charge is 2.38. The third-order valence-electron chi connectivity index (χ3n) is 6.58. The van der Waals surface area contributed by atoms with Gasteiger partial charge in [0.1, 0.15) is 11.4 Å². The summed E-state index contributed by atoms with van der Waals surface area (Å²) in [6, 6.07) is 34.0. The fraction of sp³-hybridized carbons (Fsp3) is 0.0909. The fourth-order valence-electron chi connectivity index (χ4n) is 4.68. The highest BCUT2D eigenvalue weighted by molar-refractivity contribution is 8.01. The van der Waals surface area contributed by atoms with Crippen molar-refractivity contribution < 1.29 is 4.79 Å². The lowest BCUT2D eigenvalue weighted by Gasteiger charge is -2.35. The number of carbonyl (C=O) groups excluding carboxylic acids is 1. The number of pyridine rings is 1. The number of halogens is 1. The van der Waals surface area contributed by atoms with E-state index in [0.29, 0.717) is 11.4 Å². The number of nitrogens with zero attached hydrogens (tertiary/aromatic N) is 4. The third-order valence-corrected chi connectivity index (χ3v) is 8.42. The van der Waals surface area contributed by atoms with E-state index >= 15 is 0 Å². The molecule has 1 amide bonds. The number of rotatable bonds is 10. The van der Waals surface area contributed by atoms with Gasteiger partial charge in [-0.1, -0.05) is 109 Å². The Morgan fingerprint density at radius 2 is 1.49 bits per heavy atom. The smallest absolute Gasteiger partial charge is 0.273 e. The summed E-state index contributed by atoms with van der Waals surface area (Å²) >= 11 is 7.99. The summed E-state index contributed by atoms with van der Waals surface area (Å²) in [6.07, 6.45) is 10.6. The Hall–Kier alpha value is -4.64. The molecule has 3 aromatic carbocycles. The molecule has 8 heteroatoms. The maximum atomic E-state index is 13.7. The molecule has 0 atom stereocenters. The molecule has 0 aliphatic carbocycles. The molecule has 2 heterocycles. The highest BCUT2D eigenvalue weighted by atomic mass is 35.5. The van der Waals surface area contributed by atoms with Crippen LogP contribution in [0.5, 0.6) is 0 Å². The van der Waals surface area contributed by atoms with Gasteiger partial charge in [0.2, 0.25) is 0 Å². The second-order valence-electron chi connectivity index (χ2n) is 9.10. The lowest BCUT2D eigenvalue weighted by Crippen LogP contribution is -2.38. The van der Waals surface area contributed by atoms with Crippen molar-refractivity contribution in [1.82, 2.24) is 14.8 Å². The quantitative estimate of drug-likeness (QED) is 0.115. The van der Waals surface area contributed by atoms with Crippen LogP contribution in [0.2, 0.25) is 5.15 Å². The lowest BCUT2D eigenvalue weighted by molar-refractivity contribution is -0.112. The van der Waals surface area contributed by atoms with Crippen LogP contribution < -0.4 is 4.90 Å². The van der Waals surface area contributed by atoms with Crippen molar-refractivity contribution in [3.05, 3.63) is 144 Å². The topological polar surface area (TPSA) is 74.9 Å². The predicted molar refractivity (Wildman–Crippen MR) is 167 cm³/mol. The van der Waals surface area contributed by atoms with Crippen molar-refractivity contribution in [2.45, 2.75) is 4.75 Å². The number of benzene rings is 3. The first kappa shape index (κ1) is 27.9. The maximum Gasteiger partial charge on any atom is 0.273 e. The summed E-state index contributed by atoms with van der Waals surface area (Å²) in [4.78, 5) is 19.2. The van der Waals surface area contributed by atoms with Crippen LogP contribution in [0.3, 0.4) is 0 Å². The number of hydrogen-bond acceptors (Lipinski definition) is 5. The number of aromatic nitrogens is 3. The van der Waals surface area contributed by atoms with Crippen LogP contribution in [0.4, 0.5) is 5.69 Å². The standard InChI is InChI=1S/C33H26ClN5OS/c1-2-21-38(30-23-39(37-31(30)34)28-19-12-20-36-22-28)32(40)29(35)24-41-33(25-13-6-3-7-14-25,26-15-8-4-9-16-26)27-17-10-5-11-18-27/h1,3-20,22-23,35H,21,24H2. The molecule has 0 saturated carbocycles. The zero-order chi connectivity index (χ0) is 28.7. The molecule has 1 N–H and O–H groups in total. The first-order chi connectivity index (χ1) is 20.0. The summed E-state index contributed by atoms with van der Waals surface area (Å²) < 4.78 is 0.862. The molecule has 0 saturated heterocycles. The molecular weight excluding hydrogens is 550 g/mol. The molecular formula is C33H26ClN5OS. The monoisotopic (exact) mass is 575 g/mol. The number of carbonyl (C=O) groups is 1. The van der Waals surface area contributed by atoms with Crippen molar-refractivity contribution in [3.8, 4) is 18.0 Å². The van der Waals surface area contributed by atoms with Crippen LogP contribution in [0.15, 0.2) is 122 Å². The van der Waals surface area contributed by atoms with Gasteiger partial charge < -0.3 is 0 Å². The molecule has 0 spiro atoms. The minimum Gasteiger partial charge on any atom is -0.299 e. The Morgan fingerprint density at radius 3 is 1.98 bits per heavy atom. The van der Waals surface area contributed by atoms with E-state index in [4.69, 9.17) is 23.4 Å². The number of amides is 1. The molecule has 0 bridgehead atoms. The van der Waals surface area contributed by atoms with E-state index in [0.717, 1.165) is 16.7 Å². The van der Waals surface area contributed by atoms with E-state index in [1.165, 1.54) is 21.3 Å². The van der Waals surface area contributed by atoms with Crippen molar-refractivity contribution in [3.63, 3.8) is 0 Å². The van der Waals surface area contributed by atoms with Crippen LogP contribution in [-0.2, 0) is 9.54 Å². The van der Waals surface area contributed by atoms with E-state index < -0.39 is 10.7 Å². The van der Waals surface area contributed by atoms with Gasteiger partial charge in [0.15, 0.2) is 5.15 Å². The van der Waals surface area contributed by atoms with Gasteiger partial charge in [-0.3, -0.25) is 20.1 Å². The highest BCUT2D eigenvalue weighted by Crippen LogP contribution is 2.48. The van der Waals surface area contributed by atoms with Gasteiger partial charge in [0.25, 0.3) is 5.91 Å². The van der Waals surface area contributed by atoms with Crippen LogP contribution in [0.1, 0.15) is 16.7 Å². The molecule has 0 radical (unpaired) electrons.